The molecule has 0 aromatic heterocycles. The lowest BCUT2D eigenvalue weighted by molar-refractivity contribution is -0.384. The number of benzene rings is 2. The number of nitro groups is 1. The van der Waals surface area contributed by atoms with Gasteiger partial charge in [0.2, 0.25) is 0 Å². The molecule has 2 aromatic rings. The van der Waals surface area contributed by atoms with Gasteiger partial charge < -0.3 is 14.2 Å². The second-order valence-electron chi connectivity index (χ2n) is 5.46. The summed E-state index contributed by atoms with van der Waals surface area (Å²) in [6.45, 7) is 2.66. The molecule has 146 valence electrons. The molecule has 0 aliphatic carbocycles. The number of hydrogen-bond donors (Lipinski definition) is 0. The van der Waals surface area contributed by atoms with E-state index in [1.54, 1.807) is 13.2 Å². The zero-order valence-electron chi connectivity index (χ0n) is 15.5. The van der Waals surface area contributed by atoms with E-state index in [4.69, 9.17) is 32.2 Å². The van der Waals surface area contributed by atoms with Crippen molar-refractivity contribution in [3.63, 3.8) is 0 Å². The molecule has 0 saturated heterocycles. The van der Waals surface area contributed by atoms with E-state index in [1.165, 1.54) is 24.4 Å². The van der Waals surface area contributed by atoms with Crippen LogP contribution in [0.2, 0.25) is 5.02 Å². The lowest BCUT2D eigenvalue weighted by atomic mass is 10.1. The Balaban J connectivity index is 2.18. The summed E-state index contributed by atoms with van der Waals surface area (Å²) >= 11 is 5.90. The highest BCUT2D eigenvalue weighted by Crippen LogP contribution is 2.35. The van der Waals surface area contributed by atoms with Crippen LogP contribution in [0.5, 0.6) is 17.2 Å². The van der Waals surface area contributed by atoms with E-state index in [-0.39, 0.29) is 10.7 Å². The monoisotopic (exact) mass is 402 g/mol. The van der Waals surface area contributed by atoms with Crippen molar-refractivity contribution in [3.8, 4) is 29.6 Å². The number of terminal acetylenes is 1. The van der Waals surface area contributed by atoms with Crippen LogP contribution in [0.3, 0.4) is 0 Å². The van der Waals surface area contributed by atoms with Crippen molar-refractivity contribution in [2.75, 3.05) is 20.3 Å². The fraction of sp³-hybridized carbons (Fsp3) is 0.250. The van der Waals surface area contributed by atoms with E-state index in [0.717, 1.165) is 5.56 Å². The Morgan fingerprint density at radius 1 is 1.29 bits per heavy atom. The minimum absolute atomic E-state index is 0.0181. The van der Waals surface area contributed by atoms with Gasteiger partial charge in [-0.15, -0.1) is 6.42 Å². The highest BCUT2D eigenvalue weighted by Gasteiger charge is 2.14. The van der Waals surface area contributed by atoms with Crippen molar-refractivity contribution < 1.29 is 19.1 Å². The SMILES string of the molecule is C#CC=Nc1cc(OCC)c(OC)cc1CCOc1ccc([N+](=O)[O-])c(Cl)c1. The van der Waals surface area contributed by atoms with Crippen LogP contribution in [0.25, 0.3) is 0 Å². The second kappa shape index (κ2) is 10.2. The number of aliphatic imine (C=N–C) groups is 1. The first-order valence-electron chi connectivity index (χ1n) is 8.39. The van der Waals surface area contributed by atoms with Gasteiger partial charge in [0.1, 0.15) is 10.8 Å². The first-order valence-corrected chi connectivity index (χ1v) is 8.77. The Hall–Kier alpha value is -3.24. The lowest BCUT2D eigenvalue weighted by Gasteiger charge is -2.14. The van der Waals surface area contributed by atoms with E-state index < -0.39 is 4.92 Å². The van der Waals surface area contributed by atoms with Gasteiger partial charge in [-0.3, -0.25) is 10.1 Å². The molecule has 2 aromatic carbocycles. The number of rotatable bonds is 9. The predicted molar refractivity (Wildman–Crippen MR) is 108 cm³/mol. The zero-order chi connectivity index (χ0) is 20.5. The van der Waals surface area contributed by atoms with Crippen LogP contribution in [0, 0.1) is 22.5 Å². The van der Waals surface area contributed by atoms with Crippen LogP contribution in [0.1, 0.15) is 12.5 Å². The molecule has 0 aliphatic heterocycles. The van der Waals surface area contributed by atoms with Crippen molar-refractivity contribution in [2.24, 2.45) is 4.99 Å². The maximum atomic E-state index is 10.8. The van der Waals surface area contributed by atoms with E-state index >= 15 is 0 Å². The summed E-state index contributed by atoms with van der Waals surface area (Å²) in [5.41, 5.74) is 1.32. The predicted octanol–water partition coefficient (Wildman–Crippen LogP) is 4.61. The normalized spacial score (nSPS) is 10.5. The molecule has 0 N–H and O–H groups in total. The van der Waals surface area contributed by atoms with Gasteiger partial charge in [0.15, 0.2) is 11.5 Å². The fourth-order valence-electron chi connectivity index (χ4n) is 2.45. The largest absolute Gasteiger partial charge is 0.493 e. The molecule has 0 bridgehead atoms. The van der Waals surface area contributed by atoms with Crippen LogP contribution in [0.15, 0.2) is 35.3 Å². The summed E-state index contributed by atoms with van der Waals surface area (Å²) in [7, 11) is 1.56. The van der Waals surface area contributed by atoms with Crippen LogP contribution in [-0.4, -0.2) is 31.5 Å². The van der Waals surface area contributed by atoms with Gasteiger partial charge in [0, 0.05) is 24.6 Å². The van der Waals surface area contributed by atoms with Crippen LogP contribution < -0.4 is 14.2 Å². The van der Waals surface area contributed by atoms with Gasteiger partial charge in [-0.1, -0.05) is 17.5 Å². The lowest BCUT2D eigenvalue weighted by Crippen LogP contribution is -2.03. The molecule has 0 fully saturated rings. The van der Waals surface area contributed by atoms with Gasteiger partial charge in [0.05, 0.1) is 37.1 Å². The number of methoxy groups -OCH3 is 1. The van der Waals surface area contributed by atoms with Gasteiger partial charge in [-0.25, -0.2) is 4.99 Å². The molecular weight excluding hydrogens is 384 g/mol. The first kappa shape index (κ1) is 21.1. The molecular formula is C20H19ClN2O5. The average molecular weight is 403 g/mol. The highest BCUT2D eigenvalue weighted by molar-refractivity contribution is 6.32. The minimum atomic E-state index is -0.548. The smallest absolute Gasteiger partial charge is 0.288 e. The minimum Gasteiger partial charge on any atom is -0.493 e. The zero-order valence-corrected chi connectivity index (χ0v) is 16.2. The van der Waals surface area contributed by atoms with Gasteiger partial charge >= 0.3 is 0 Å². The second-order valence-corrected chi connectivity index (χ2v) is 5.87. The maximum absolute atomic E-state index is 10.8. The Kier molecular flexibility index (Phi) is 7.66. The van der Waals surface area contributed by atoms with E-state index in [2.05, 4.69) is 10.9 Å². The third-order valence-corrected chi connectivity index (χ3v) is 4.00. The Morgan fingerprint density at radius 2 is 2.07 bits per heavy atom. The molecule has 0 amide bonds. The summed E-state index contributed by atoms with van der Waals surface area (Å²) in [5, 5.41) is 10.8. The summed E-state index contributed by atoms with van der Waals surface area (Å²) in [4.78, 5) is 14.5. The fourth-order valence-corrected chi connectivity index (χ4v) is 2.69. The van der Waals surface area contributed by atoms with E-state index in [1.807, 2.05) is 13.0 Å². The highest BCUT2D eigenvalue weighted by atomic mass is 35.5. The quantitative estimate of drug-likeness (QED) is 0.264. The van der Waals surface area contributed by atoms with Crippen LogP contribution in [0.4, 0.5) is 11.4 Å². The summed E-state index contributed by atoms with van der Waals surface area (Å²) in [6, 6.07) is 7.80. The Bertz CT molecular complexity index is 922. The third-order valence-electron chi connectivity index (χ3n) is 3.70. The van der Waals surface area contributed by atoms with Gasteiger partial charge in [-0.2, -0.15) is 0 Å². The van der Waals surface area contributed by atoms with Gasteiger partial charge in [0.25, 0.3) is 5.69 Å². The molecule has 28 heavy (non-hydrogen) atoms. The number of nitro benzene ring substituents is 1. The summed E-state index contributed by atoms with van der Waals surface area (Å²) < 4.78 is 16.6. The van der Waals surface area contributed by atoms with Crippen molar-refractivity contribution in [1.82, 2.24) is 0 Å². The Labute approximate surface area is 168 Å². The molecule has 0 heterocycles. The van der Waals surface area contributed by atoms with Crippen molar-refractivity contribution in [2.45, 2.75) is 13.3 Å². The van der Waals surface area contributed by atoms with E-state index in [0.29, 0.717) is 42.6 Å². The van der Waals surface area contributed by atoms with Crippen LogP contribution in [-0.2, 0) is 6.42 Å². The topological polar surface area (TPSA) is 83.2 Å². The van der Waals surface area contributed by atoms with Crippen LogP contribution >= 0.6 is 11.6 Å². The molecule has 0 unspecified atom stereocenters. The number of ether oxygens (including phenoxy) is 3. The van der Waals surface area contributed by atoms with Crippen molar-refractivity contribution in [3.05, 3.63) is 51.0 Å². The molecule has 2 rings (SSSR count). The van der Waals surface area contributed by atoms with E-state index in [9.17, 15) is 10.1 Å². The Morgan fingerprint density at radius 3 is 2.68 bits per heavy atom. The number of nitrogens with zero attached hydrogens (tertiary/aromatic N) is 2. The molecule has 0 saturated carbocycles. The molecule has 0 spiro atoms. The molecule has 0 aliphatic rings. The standard InChI is InChI=1S/C20H19ClN2O5/c1-4-9-22-17-13-20(27-5-2)19(26-3)11-14(17)8-10-28-15-6-7-18(23(24)25)16(21)12-15/h1,6-7,9,11-13H,5,8,10H2,2-3H3. The number of hydrogen-bond acceptors (Lipinski definition) is 6. The first-order chi connectivity index (χ1) is 13.5. The summed E-state index contributed by atoms with van der Waals surface area (Å²) in [5.74, 6) is 3.94. The molecule has 0 radical (unpaired) electrons. The molecule has 8 heteroatoms. The maximum Gasteiger partial charge on any atom is 0.288 e. The average Bonchev–Trinajstić information content (AvgIpc) is 2.67. The van der Waals surface area contributed by atoms with Crippen molar-refractivity contribution in [1.29, 1.82) is 0 Å². The van der Waals surface area contributed by atoms with Crippen molar-refractivity contribution >= 4 is 29.2 Å². The number of halogens is 1. The molecule has 0 atom stereocenters. The van der Waals surface area contributed by atoms with Gasteiger partial charge in [-0.05, 0) is 24.6 Å². The summed E-state index contributed by atoms with van der Waals surface area (Å²) in [6.07, 6.45) is 7.12. The third kappa shape index (κ3) is 5.38. The molecule has 7 nitrogen and oxygen atoms in total.